The fourth-order valence-corrected chi connectivity index (χ4v) is 5.30. The first kappa shape index (κ1) is 23.6. The number of rotatable bonds is 3. The van der Waals surface area contributed by atoms with Gasteiger partial charge in [-0.1, -0.05) is 54.1 Å². The van der Waals surface area contributed by atoms with Crippen LogP contribution in [0.25, 0.3) is 21.9 Å². The Hall–Kier alpha value is -3.18. The van der Waals surface area contributed by atoms with E-state index < -0.39 is 11.3 Å². The lowest BCUT2D eigenvalue weighted by Gasteiger charge is -2.36. The van der Waals surface area contributed by atoms with Crippen LogP contribution in [0.15, 0.2) is 65.7 Å². The van der Waals surface area contributed by atoms with E-state index in [0.29, 0.717) is 13.1 Å². The zero-order valence-corrected chi connectivity index (χ0v) is 21.4. The van der Waals surface area contributed by atoms with Crippen molar-refractivity contribution in [3.05, 3.63) is 71.8 Å². The van der Waals surface area contributed by atoms with E-state index in [1.54, 1.807) is 0 Å². The number of benzene rings is 3. The molecule has 35 heavy (non-hydrogen) atoms. The molecule has 2 atom stereocenters. The Labute approximate surface area is 208 Å². The quantitative estimate of drug-likeness (QED) is 0.488. The van der Waals surface area contributed by atoms with Crippen molar-refractivity contribution in [2.75, 3.05) is 13.1 Å². The lowest BCUT2D eigenvalue weighted by atomic mass is 9.98. The standard InChI is InChI=1S/C30H35N3O2/c1-20-8-6-9-21(16-20)22-11-12-24-18-25(14-13-23(24)17-22)26-19-31-30(5,32-26)27-10-7-15-33(27)28(34)35-29(2,3)4/h6,8-9,11-14,16-18,27,31H,7,10,15,19H2,1-5H3. The number of hydrogen-bond acceptors (Lipinski definition) is 4. The van der Waals surface area contributed by atoms with Crippen LogP contribution in [0, 0.1) is 6.92 Å². The molecule has 2 aliphatic heterocycles. The van der Waals surface area contributed by atoms with Crippen LogP contribution < -0.4 is 5.32 Å². The number of aryl methyl sites for hydroxylation is 1. The number of nitrogens with zero attached hydrogens (tertiary/aromatic N) is 2. The van der Waals surface area contributed by atoms with Crippen molar-refractivity contribution >= 4 is 22.6 Å². The minimum Gasteiger partial charge on any atom is -0.444 e. The van der Waals surface area contributed by atoms with Crippen LogP contribution in [-0.2, 0) is 4.74 Å². The van der Waals surface area contributed by atoms with Crippen molar-refractivity contribution in [3.63, 3.8) is 0 Å². The molecule has 5 rings (SSSR count). The van der Waals surface area contributed by atoms with Crippen molar-refractivity contribution < 1.29 is 9.53 Å². The molecule has 1 fully saturated rings. The summed E-state index contributed by atoms with van der Waals surface area (Å²) in [5, 5.41) is 6.02. The van der Waals surface area contributed by atoms with Crippen LogP contribution in [0.4, 0.5) is 4.79 Å². The van der Waals surface area contributed by atoms with Crippen molar-refractivity contribution in [1.29, 1.82) is 0 Å². The van der Waals surface area contributed by atoms with E-state index in [9.17, 15) is 4.79 Å². The Kier molecular flexibility index (Phi) is 5.92. The van der Waals surface area contributed by atoms with E-state index in [4.69, 9.17) is 9.73 Å². The lowest BCUT2D eigenvalue weighted by Crippen LogP contribution is -2.55. The molecule has 1 N–H and O–H groups in total. The highest BCUT2D eigenvalue weighted by atomic mass is 16.6. The van der Waals surface area contributed by atoms with Gasteiger partial charge in [0.25, 0.3) is 0 Å². The number of likely N-dealkylation sites (tertiary alicyclic amines) is 1. The van der Waals surface area contributed by atoms with Crippen molar-refractivity contribution in [3.8, 4) is 11.1 Å². The number of carbonyl (C=O) groups excluding carboxylic acids is 1. The Balaban J connectivity index is 1.39. The second kappa shape index (κ2) is 8.80. The molecule has 2 unspecified atom stereocenters. The third-order valence-corrected chi connectivity index (χ3v) is 7.04. The monoisotopic (exact) mass is 469 g/mol. The van der Waals surface area contributed by atoms with E-state index in [-0.39, 0.29) is 12.1 Å². The SMILES string of the molecule is Cc1cccc(-c2ccc3cc(C4=NC(C)(C5CCCN5C(=O)OC(C)(C)C)NC4)ccc3c2)c1. The highest BCUT2D eigenvalue weighted by molar-refractivity contribution is 6.06. The fourth-order valence-electron chi connectivity index (χ4n) is 5.30. The number of amides is 1. The number of fused-ring (bicyclic) bond motifs is 1. The van der Waals surface area contributed by atoms with Gasteiger partial charge in [0.2, 0.25) is 0 Å². The molecule has 2 aliphatic rings. The molecule has 3 aromatic rings. The zero-order chi connectivity index (χ0) is 24.8. The topological polar surface area (TPSA) is 53.9 Å². The number of ether oxygens (including phenoxy) is 1. The number of hydrogen-bond donors (Lipinski definition) is 1. The molecule has 182 valence electrons. The maximum absolute atomic E-state index is 12.8. The summed E-state index contributed by atoms with van der Waals surface area (Å²) in [5.74, 6) is 0. The van der Waals surface area contributed by atoms with Crippen molar-refractivity contribution in [2.24, 2.45) is 4.99 Å². The highest BCUT2D eigenvalue weighted by Crippen LogP contribution is 2.33. The van der Waals surface area contributed by atoms with Gasteiger partial charge < -0.3 is 9.64 Å². The van der Waals surface area contributed by atoms with Crippen LogP contribution in [0.3, 0.4) is 0 Å². The molecule has 0 radical (unpaired) electrons. The normalized spacial score (nSPS) is 22.5. The summed E-state index contributed by atoms with van der Waals surface area (Å²) in [6, 6.07) is 21.8. The van der Waals surface area contributed by atoms with Gasteiger partial charge in [0, 0.05) is 13.1 Å². The Morgan fingerprint density at radius 1 is 1.03 bits per heavy atom. The van der Waals surface area contributed by atoms with Gasteiger partial charge in [-0.05, 0) is 87.1 Å². The number of carbonyl (C=O) groups is 1. The predicted octanol–water partition coefficient (Wildman–Crippen LogP) is 6.32. The summed E-state index contributed by atoms with van der Waals surface area (Å²) in [4.78, 5) is 19.8. The van der Waals surface area contributed by atoms with Gasteiger partial charge in [-0.2, -0.15) is 0 Å². The summed E-state index contributed by atoms with van der Waals surface area (Å²) in [6.45, 7) is 11.3. The second-order valence-electron chi connectivity index (χ2n) is 11.0. The van der Waals surface area contributed by atoms with Crippen LogP contribution >= 0.6 is 0 Å². The molecular weight excluding hydrogens is 434 g/mol. The molecule has 0 aliphatic carbocycles. The van der Waals surface area contributed by atoms with Gasteiger partial charge in [-0.15, -0.1) is 0 Å². The molecule has 1 amide bonds. The van der Waals surface area contributed by atoms with Gasteiger partial charge in [-0.3, -0.25) is 10.3 Å². The maximum Gasteiger partial charge on any atom is 0.410 e. The van der Waals surface area contributed by atoms with Gasteiger partial charge in [0.15, 0.2) is 0 Å². The lowest BCUT2D eigenvalue weighted by molar-refractivity contribution is 0.0151. The number of nitrogens with one attached hydrogen (secondary N) is 1. The molecule has 2 heterocycles. The minimum absolute atomic E-state index is 0.0211. The number of aliphatic imine (C=N–C) groups is 1. The first-order valence-corrected chi connectivity index (χ1v) is 12.6. The fraction of sp³-hybridized carbons (Fsp3) is 0.400. The Morgan fingerprint density at radius 3 is 2.43 bits per heavy atom. The van der Waals surface area contributed by atoms with Crippen molar-refractivity contribution in [2.45, 2.75) is 64.8 Å². The first-order chi connectivity index (χ1) is 16.6. The molecular formula is C30H35N3O2. The molecule has 0 aromatic heterocycles. The van der Waals surface area contributed by atoms with E-state index in [1.165, 1.54) is 27.5 Å². The average molecular weight is 470 g/mol. The minimum atomic E-state index is -0.521. The molecule has 5 heteroatoms. The van der Waals surface area contributed by atoms with Gasteiger partial charge in [0.05, 0.1) is 11.8 Å². The van der Waals surface area contributed by atoms with Crippen LogP contribution in [0.1, 0.15) is 51.7 Å². The third-order valence-electron chi connectivity index (χ3n) is 7.04. The summed E-state index contributed by atoms with van der Waals surface area (Å²) >= 11 is 0. The summed E-state index contributed by atoms with van der Waals surface area (Å²) in [5.41, 5.74) is 4.86. The van der Waals surface area contributed by atoms with Gasteiger partial charge in [-0.25, -0.2) is 4.79 Å². The first-order valence-electron chi connectivity index (χ1n) is 12.6. The average Bonchev–Trinajstić information content (AvgIpc) is 3.46. The predicted molar refractivity (Wildman–Crippen MR) is 143 cm³/mol. The van der Waals surface area contributed by atoms with Crippen molar-refractivity contribution in [1.82, 2.24) is 10.2 Å². The van der Waals surface area contributed by atoms with Crippen LogP contribution in [0.5, 0.6) is 0 Å². The highest BCUT2D eigenvalue weighted by Gasteiger charge is 2.46. The summed E-state index contributed by atoms with van der Waals surface area (Å²) < 4.78 is 5.67. The molecule has 0 spiro atoms. The molecule has 5 nitrogen and oxygen atoms in total. The van der Waals surface area contributed by atoms with Crippen LogP contribution in [-0.4, -0.2) is 47.1 Å². The molecule has 1 saturated heterocycles. The smallest absolute Gasteiger partial charge is 0.410 e. The van der Waals surface area contributed by atoms with E-state index in [1.807, 2.05) is 25.7 Å². The zero-order valence-electron chi connectivity index (χ0n) is 21.4. The Morgan fingerprint density at radius 2 is 1.71 bits per heavy atom. The van der Waals surface area contributed by atoms with Gasteiger partial charge >= 0.3 is 6.09 Å². The van der Waals surface area contributed by atoms with E-state index in [0.717, 1.165) is 24.1 Å². The summed E-state index contributed by atoms with van der Waals surface area (Å²) in [7, 11) is 0. The molecule has 3 aromatic carbocycles. The van der Waals surface area contributed by atoms with E-state index in [2.05, 4.69) is 79.8 Å². The summed E-state index contributed by atoms with van der Waals surface area (Å²) in [6.07, 6.45) is 1.63. The third kappa shape index (κ3) is 4.83. The maximum atomic E-state index is 12.8. The second-order valence-corrected chi connectivity index (χ2v) is 11.0. The van der Waals surface area contributed by atoms with Gasteiger partial charge in [0.1, 0.15) is 11.3 Å². The molecule has 0 saturated carbocycles. The molecule has 0 bridgehead atoms. The Bertz CT molecular complexity index is 1310. The van der Waals surface area contributed by atoms with Crippen LogP contribution in [0.2, 0.25) is 0 Å². The largest absolute Gasteiger partial charge is 0.444 e. The van der Waals surface area contributed by atoms with E-state index >= 15 is 0 Å².